The van der Waals surface area contributed by atoms with Crippen molar-refractivity contribution in [3.63, 3.8) is 0 Å². The molecule has 0 radical (unpaired) electrons. The first kappa shape index (κ1) is 9.71. The van der Waals surface area contributed by atoms with Gasteiger partial charge in [-0.2, -0.15) is 4.39 Å². The molecular weight excluding hydrogens is 179 g/mol. The fraction of sp³-hybridized carbons (Fsp3) is 0.750. The topological polar surface area (TPSA) is 34.1 Å². The van der Waals surface area contributed by atoms with Gasteiger partial charge >= 0.3 is 0 Å². The molecule has 1 atom stereocenters. The van der Waals surface area contributed by atoms with Crippen molar-refractivity contribution in [2.24, 2.45) is 11.8 Å². The van der Waals surface area contributed by atoms with Crippen LogP contribution in [-0.2, 0) is 9.84 Å². The Hall–Kier alpha value is -0.380. The average Bonchev–Trinajstić information content (AvgIpc) is 2.65. The summed E-state index contributed by atoms with van der Waals surface area (Å²) in [6, 6.07) is 0. The minimum absolute atomic E-state index is 0.0553. The van der Waals surface area contributed by atoms with Crippen LogP contribution in [0.25, 0.3) is 0 Å². The summed E-state index contributed by atoms with van der Waals surface area (Å²) in [4.78, 5) is 0. The molecule has 1 aliphatic rings. The van der Waals surface area contributed by atoms with Crippen molar-refractivity contribution in [2.45, 2.75) is 19.8 Å². The standard InChI is InChI=1S/C8H13FO2S/c1-6(7-3-4-7)5-8(9)12(2,10)11/h5-7H,3-4H2,1-2H3/b8-5-. The van der Waals surface area contributed by atoms with Crippen LogP contribution in [0.4, 0.5) is 4.39 Å². The molecule has 1 aliphatic carbocycles. The summed E-state index contributed by atoms with van der Waals surface area (Å²) in [6.07, 6.45) is 4.29. The Kier molecular flexibility index (Phi) is 2.56. The third-order valence-corrected chi connectivity index (χ3v) is 2.96. The number of rotatable bonds is 3. The third-order valence-electron chi connectivity index (χ3n) is 2.11. The molecule has 1 fully saturated rings. The van der Waals surface area contributed by atoms with E-state index < -0.39 is 15.0 Å². The minimum atomic E-state index is -3.61. The lowest BCUT2D eigenvalue weighted by molar-refractivity contribution is 0.565. The molecule has 0 aromatic rings. The highest BCUT2D eigenvalue weighted by Crippen LogP contribution is 2.37. The maximum atomic E-state index is 12.8. The van der Waals surface area contributed by atoms with Crippen LogP contribution in [-0.4, -0.2) is 14.7 Å². The first-order chi connectivity index (χ1) is 5.41. The van der Waals surface area contributed by atoms with E-state index in [0.29, 0.717) is 5.92 Å². The van der Waals surface area contributed by atoms with Gasteiger partial charge in [0.15, 0.2) is 0 Å². The molecule has 1 rings (SSSR count). The number of hydrogen-bond donors (Lipinski definition) is 0. The van der Waals surface area contributed by atoms with Crippen LogP contribution in [0.1, 0.15) is 19.8 Å². The zero-order chi connectivity index (χ0) is 9.35. The Balaban J connectivity index is 2.67. The van der Waals surface area contributed by atoms with Gasteiger partial charge < -0.3 is 0 Å². The summed E-state index contributed by atoms with van der Waals surface area (Å²) in [7, 11) is -3.61. The fourth-order valence-electron chi connectivity index (χ4n) is 1.09. The second-order valence-corrected chi connectivity index (χ2v) is 5.37. The Labute approximate surface area is 72.4 Å². The zero-order valence-electron chi connectivity index (χ0n) is 7.25. The molecule has 2 nitrogen and oxygen atoms in total. The molecule has 0 aromatic heterocycles. The number of allylic oxidation sites excluding steroid dienone is 1. The van der Waals surface area contributed by atoms with Gasteiger partial charge in [0, 0.05) is 6.26 Å². The molecule has 0 amide bonds. The Bertz CT molecular complexity index is 288. The molecule has 1 saturated carbocycles. The van der Waals surface area contributed by atoms with Crippen molar-refractivity contribution in [2.75, 3.05) is 6.26 Å². The quantitative estimate of drug-likeness (QED) is 0.684. The van der Waals surface area contributed by atoms with E-state index in [1.54, 1.807) is 0 Å². The monoisotopic (exact) mass is 192 g/mol. The van der Waals surface area contributed by atoms with Gasteiger partial charge in [-0.25, -0.2) is 8.42 Å². The fourth-order valence-corrected chi connectivity index (χ4v) is 1.55. The highest BCUT2D eigenvalue weighted by molar-refractivity contribution is 7.94. The summed E-state index contributed by atoms with van der Waals surface area (Å²) < 4.78 is 34.2. The molecule has 70 valence electrons. The highest BCUT2D eigenvalue weighted by atomic mass is 32.2. The van der Waals surface area contributed by atoms with Crippen LogP contribution >= 0.6 is 0 Å². The SMILES string of the molecule is CC(/C=C(/F)S(C)(=O)=O)C1CC1. The average molecular weight is 192 g/mol. The maximum Gasteiger partial charge on any atom is 0.210 e. The van der Waals surface area contributed by atoms with Gasteiger partial charge in [0.05, 0.1) is 0 Å². The molecule has 0 aliphatic heterocycles. The number of hydrogen-bond acceptors (Lipinski definition) is 2. The smallest absolute Gasteiger partial charge is 0.210 e. The lowest BCUT2D eigenvalue weighted by Crippen LogP contribution is -2.00. The number of sulfone groups is 1. The van der Waals surface area contributed by atoms with Crippen molar-refractivity contribution >= 4 is 9.84 Å². The van der Waals surface area contributed by atoms with Crippen molar-refractivity contribution in [3.8, 4) is 0 Å². The van der Waals surface area contributed by atoms with E-state index in [0.717, 1.165) is 19.1 Å². The molecule has 0 saturated heterocycles. The molecule has 1 unspecified atom stereocenters. The Morgan fingerprint density at radius 2 is 2.08 bits per heavy atom. The Morgan fingerprint density at radius 1 is 1.58 bits per heavy atom. The summed E-state index contributed by atoms with van der Waals surface area (Å²) >= 11 is 0. The van der Waals surface area contributed by atoms with Crippen LogP contribution in [0.15, 0.2) is 11.2 Å². The summed E-state index contributed by atoms with van der Waals surface area (Å²) in [5.74, 6) is 0.553. The zero-order valence-corrected chi connectivity index (χ0v) is 8.07. The minimum Gasteiger partial charge on any atom is -0.222 e. The molecule has 0 spiro atoms. The van der Waals surface area contributed by atoms with Crippen molar-refractivity contribution in [1.82, 2.24) is 0 Å². The van der Waals surface area contributed by atoms with Crippen LogP contribution in [0.2, 0.25) is 0 Å². The maximum absolute atomic E-state index is 12.8. The second-order valence-electron chi connectivity index (χ2n) is 3.44. The van der Waals surface area contributed by atoms with Crippen LogP contribution < -0.4 is 0 Å². The van der Waals surface area contributed by atoms with E-state index in [1.807, 2.05) is 6.92 Å². The molecule has 0 N–H and O–H groups in total. The molecule has 12 heavy (non-hydrogen) atoms. The molecular formula is C8H13FO2S. The van der Waals surface area contributed by atoms with E-state index in [1.165, 1.54) is 6.08 Å². The van der Waals surface area contributed by atoms with Gasteiger partial charge in [0.2, 0.25) is 15.0 Å². The van der Waals surface area contributed by atoms with Crippen molar-refractivity contribution in [1.29, 1.82) is 0 Å². The van der Waals surface area contributed by atoms with E-state index in [4.69, 9.17) is 0 Å². The molecule has 0 bridgehead atoms. The van der Waals surface area contributed by atoms with Crippen LogP contribution in [0, 0.1) is 11.8 Å². The normalized spacial score (nSPS) is 22.4. The molecule has 4 heteroatoms. The van der Waals surface area contributed by atoms with Crippen molar-refractivity contribution < 1.29 is 12.8 Å². The van der Waals surface area contributed by atoms with Gasteiger partial charge in [-0.15, -0.1) is 0 Å². The lowest BCUT2D eigenvalue weighted by atomic mass is 10.1. The number of halogens is 1. The van der Waals surface area contributed by atoms with E-state index in [9.17, 15) is 12.8 Å². The molecule has 0 aromatic carbocycles. The van der Waals surface area contributed by atoms with Crippen LogP contribution in [0.3, 0.4) is 0 Å². The predicted octanol–water partition coefficient (Wildman–Crippen LogP) is 1.89. The summed E-state index contributed by atoms with van der Waals surface area (Å²) in [5, 5.41) is -0.984. The van der Waals surface area contributed by atoms with Gasteiger partial charge in [-0.1, -0.05) is 6.92 Å². The van der Waals surface area contributed by atoms with Gasteiger partial charge in [-0.3, -0.25) is 0 Å². The summed E-state index contributed by atoms with van der Waals surface area (Å²) in [6.45, 7) is 1.85. The van der Waals surface area contributed by atoms with E-state index in [2.05, 4.69) is 0 Å². The third kappa shape index (κ3) is 2.59. The van der Waals surface area contributed by atoms with Gasteiger partial charge in [0.1, 0.15) is 0 Å². The largest absolute Gasteiger partial charge is 0.222 e. The molecule has 0 heterocycles. The summed E-state index contributed by atoms with van der Waals surface area (Å²) in [5.41, 5.74) is 0. The van der Waals surface area contributed by atoms with Gasteiger partial charge in [-0.05, 0) is 30.8 Å². The first-order valence-corrected chi connectivity index (χ1v) is 5.88. The van der Waals surface area contributed by atoms with E-state index in [-0.39, 0.29) is 5.92 Å². The predicted molar refractivity (Wildman–Crippen MR) is 45.9 cm³/mol. The van der Waals surface area contributed by atoms with Gasteiger partial charge in [0.25, 0.3) is 0 Å². The lowest BCUT2D eigenvalue weighted by Gasteiger charge is -2.02. The second kappa shape index (κ2) is 3.17. The van der Waals surface area contributed by atoms with Crippen molar-refractivity contribution in [3.05, 3.63) is 11.2 Å². The Morgan fingerprint density at radius 3 is 2.42 bits per heavy atom. The highest BCUT2D eigenvalue weighted by Gasteiger charge is 2.27. The van der Waals surface area contributed by atoms with E-state index >= 15 is 0 Å². The van der Waals surface area contributed by atoms with Crippen LogP contribution in [0.5, 0.6) is 0 Å². The first-order valence-electron chi connectivity index (χ1n) is 3.98.